The molecule has 0 spiro atoms. The number of hydrogen-bond donors (Lipinski definition) is 0. The van der Waals surface area contributed by atoms with E-state index in [1.165, 1.54) is 50.9 Å². The molecule has 300 valence electrons. The van der Waals surface area contributed by atoms with Crippen LogP contribution in [0.3, 0.4) is 0 Å². The highest BCUT2D eigenvalue weighted by molar-refractivity contribution is 5.23. The summed E-state index contributed by atoms with van der Waals surface area (Å²) in [7, 11) is 12.0. The minimum Gasteiger partial charge on any atom is -0.335 e. The first-order valence-electron chi connectivity index (χ1n) is 18.6. The average molecular weight is 745 g/mol. The van der Waals surface area contributed by atoms with Crippen molar-refractivity contribution in [1.82, 2.24) is 58.0 Å². The summed E-state index contributed by atoms with van der Waals surface area (Å²) in [5.41, 5.74) is 18.3. The van der Waals surface area contributed by atoms with Gasteiger partial charge in [-0.2, -0.15) is 15.3 Å². The van der Waals surface area contributed by atoms with Crippen molar-refractivity contribution in [3.05, 3.63) is 102 Å². The van der Waals surface area contributed by atoms with E-state index in [1.807, 2.05) is 119 Å². The molecule has 0 aliphatic heterocycles. The number of nitrogens with zero attached hydrogens (tertiary/aromatic N) is 12. The summed E-state index contributed by atoms with van der Waals surface area (Å²) in [6.45, 7) is 37.0. The maximum Gasteiger partial charge on any atom is 0.105 e. The molecule has 0 N–H and O–H groups in total. The van der Waals surface area contributed by atoms with Crippen molar-refractivity contribution in [3.63, 3.8) is 0 Å². The van der Waals surface area contributed by atoms with Gasteiger partial charge >= 0.3 is 0 Å². The quantitative estimate of drug-likeness (QED) is 0.156. The Morgan fingerprint density at radius 1 is 0.259 bits per heavy atom. The van der Waals surface area contributed by atoms with E-state index in [0.717, 1.165) is 51.6 Å². The number of aryl methyl sites for hydroxylation is 12. The second-order valence-corrected chi connectivity index (χ2v) is 14.4. The number of aromatic nitrogens is 12. The van der Waals surface area contributed by atoms with Crippen molar-refractivity contribution >= 4 is 0 Å². The molecule has 0 bridgehead atoms. The lowest BCUT2D eigenvalue weighted by Gasteiger charge is -1.94. The van der Waals surface area contributed by atoms with Gasteiger partial charge < -0.3 is 13.7 Å². The minimum absolute atomic E-state index is 1.09. The van der Waals surface area contributed by atoms with Crippen LogP contribution < -0.4 is 0 Å². The van der Waals surface area contributed by atoms with Crippen LogP contribution in [-0.4, -0.2) is 58.0 Å². The van der Waals surface area contributed by atoms with Gasteiger partial charge in [0.15, 0.2) is 0 Å². The zero-order valence-electron chi connectivity index (χ0n) is 38.4. The SMILES string of the molecule is Cc1nc(C)n(C)c1C.Cc1nc(C)n(C)c1C.Cc1nc(C)n(C)c1C.Cc1nn(C)c(C)c1C.Cc1nn(C)c(C)c1C.Cc1nn(C)c(C)c1C. The largest absolute Gasteiger partial charge is 0.335 e. The second-order valence-electron chi connectivity index (χ2n) is 14.4. The van der Waals surface area contributed by atoms with Crippen LogP contribution >= 0.6 is 0 Å². The molecule has 0 amide bonds. The third kappa shape index (κ3) is 12.1. The van der Waals surface area contributed by atoms with Crippen LogP contribution in [-0.2, 0) is 42.3 Å². The first-order valence-corrected chi connectivity index (χ1v) is 18.6. The van der Waals surface area contributed by atoms with Gasteiger partial charge in [-0.1, -0.05) is 0 Å². The van der Waals surface area contributed by atoms with E-state index < -0.39 is 0 Å². The molecule has 6 heterocycles. The summed E-state index contributed by atoms with van der Waals surface area (Å²) in [6, 6.07) is 0. The van der Waals surface area contributed by atoms with Gasteiger partial charge in [-0.3, -0.25) is 14.0 Å². The lowest BCUT2D eigenvalue weighted by atomic mass is 10.2. The van der Waals surface area contributed by atoms with Crippen LogP contribution in [0.15, 0.2) is 0 Å². The van der Waals surface area contributed by atoms with Crippen molar-refractivity contribution in [2.45, 2.75) is 125 Å². The van der Waals surface area contributed by atoms with Gasteiger partial charge in [0.1, 0.15) is 17.5 Å². The van der Waals surface area contributed by atoms with Gasteiger partial charge in [0.25, 0.3) is 0 Å². The van der Waals surface area contributed by atoms with Crippen LogP contribution in [0.4, 0.5) is 0 Å². The van der Waals surface area contributed by atoms with Crippen LogP contribution in [0, 0.1) is 125 Å². The standard InChI is InChI=1S/6C7H12N2/c3*1-5-6(2)9(4)7(3)8-5;3*1-5-6(2)8-9(4)7(5)3/h6*1-4H3. The molecule has 0 unspecified atom stereocenters. The molecule has 6 aromatic heterocycles. The van der Waals surface area contributed by atoms with Crippen molar-refractivity contribution in [2.75, 3.05) is 0 Å². The molecule has 12 nitrogen and oxygen atoms in total. The molecular weight excluding hydrogens is 673 g/mol. The number of imidazole rings is 3. The zero-order valence-corrected chi connectivity index (χ0v) is 38.4. The van der Waals surface area contributed by atoms with Crippen LogP contribution in [0.5, 0.6) is 0 Å². The molecule has 12 heteroatoms. The first-order chi connectivity index (χ1) is 24.8. The van der Waals surface area contributed by atoms with Gasteiger partial charge in [0, 0.05) is 76.4 Å². The normalized spacial score (nSPS) is 10.2. The smallest absolute Gasteiger partial charge is 0.105 e. The Labute approximate surface area is 326 Å². The highest BCUT2D eigenvalue weighted by Crippen LogP contribution is 2.10. The fourth-order valence-electron chi connectivity index (χ4n) is 5.29. The maximum absolute atomic E-state index is 4.27. The molecule has 0 saturated carbocycles. The molecule has 6 aromatic rings. The molecule has 54 heavy (non-hydrogen) atoms. The molecular formula is C42H72N12. The Balaban J connectivity index is 0.000000324. The van der Waals surface area contributed by atoms with E-state index in [2.05, 4.69) is 106 Å². The van der Waals surface area contributed by atoms with Gasteiger partial charge in [0.2, 0.25) is 0 Å². The summed E-state index contributed by atoms with van der Waals surface area (Å²) in [5, 5.41) is 12.7. The van der Waals surface area contributed by atoms with E-state index >= 15 is 0 Å². The summed E-state index contributed by atoms with van der Waals surface area (Å²) in [6.07, 6.45) is 0. The van der Waals surface area contributed by atoms with Crippen molar-refractivity contribution < 1.29 is 0 Å². The van der Waals surface area contributed by atoms with E-state index in [-0.39, 0.29) is 0 Å². The van der Waals surface area contributed by atoms with Gasteiger partial charge in [0.05, 0.1) is 34.2 Å². The molecule has 0 aliphatic rings. The summed E-state index contributed by atoms with van der Waals surface area (Å²) < 4.78 is 12.0. The van der Waals surface area contributed by atoms with Gasteiger partial charge in [-0.25, -0.2) is 15.0 Å². The third-order valence-corrected chi connectivity index (χ3v) is 11.1. The molecule has 0 atom stereocenters. The lowest BCUT2D eigenvalue weighted by molar-refractivity contribution is 0.730. The lowest BCUT2D eigenvalue weighted by Crippen LogP contribution is -1.92. The van der Waals surface area contributed by atoms with Crippen LogP contribution in [0.1, 0.15) is 102 Å². The molecule has 0 fully saturated rings. The van der Waals surface area contributed by atoms with Crippen molar-refractivity contribution in [2.24, 2.45) is 42.3 Å². The highest BCUT2D eigenvalue weighted by atomic mass is 15.3. The van der Waals surface area contributed by atoms with E-state index in [0.29, 0.717) is 0 Å². The highest BCUT2D eigenvalue weighted by Gasteiger charge is 2.05. The fourth-order valence-corrected chi connectivity index (χ4v) is 5.29. The topological polar surface area (TPSA) is 107 Å². The summed E-state index contributed by atoms with van der Waals surface area (Å²) >= 11 is 0. The van der Waals surface area contributed by atoms with Gasteiger partial charge in [-0.15, -0.1) is 0 Å². The Kier molecular flexibility index (Phi) is 17.6. The van der Waals surface area contributed by atoms with E-state index in [9.17, 15) is 0 Å². The van der Waals surface area contributed by atoms with Crippen molar-refractivity contribution in [3.8, 4) is 0 Å². The minimum atomic E-state index is 1.09. The number of hydrogen-bond acceptors (Lipinski definition) is 6. The molecule has 0 aliphatic carbocycles. The maximum atomic E-state index is 4.27. The van der Waals surface area contributed by atoms with Gasteiger partial charge in [-0.05, 0) is 141 Å². The Hall–Kier alpha value is -4.74. The molecule has 0 aromatic carbocycles. The average Bonchev–Trinajstić information content (AvgIpc) is 3.80. The monoisotopic (exact) mass is 745 g/mol. The Morgan fingerprint density at radius 2 is 0.444 bits per heavy atom. The van der Waals surface area contributed by atoms with Crippen LogP contribution in [0.2, 0.25) is 0 Å². The zero-order chi connectivity index (χ0) is 42.1. The summed E-state index contributed by atoms with van der Waals surface area (Å²) in [4.78, 5) is 12.8. The first kappa shape index (κ1) is 47.3. The van der Waals surface area contributed by atoms with Crippen LogP contribution in [0.25, 0.3) is 0 Å². The van der Waals surface area contributed by atoms with E-state index in [1.54, 1.807) is 0 Å². The van der Waals surface area contributed by atoms with E-state index in [4.69, 9.17) is 0 Å². The fraction of sp³-hybridized carbons (Fsp3) is 0.571. The third-order valence-electron chi connectivity index (χ3n) is 11.1. The predicted octanol–water partition coefficient (Wildman–Crippen LogP) is 8.07. The Bertz CT molecular complexity index is 1590. The molecule has 0 saturated heterocycles. The molecule has 6 rings (SSSR count). The van der Waals surface area contributed by atoms with Crippen molar-refractivity contribution in [1.29, 1.82) is 0 Å². The Morgan fingerprint density at radius 3 is 0.481 bits per heavy atom. The molecule has 0 radical (unpaired) electrons. The number of rotatable bonds is 0. The summed E-state index contributed by atoms with van der Waals surface area (Å²) in [5.74, 6) is 3.26. The second kappa shape index (κ2) is 20.1. The predicted molar refractivity (Wildman–Crippen MR) is 225 cm³/mol.